The first kappa shape index (κ1) is 15.1. The van der Waals surface area contributed by atoms with Gasteiger partial charge in [-0.3, -0.25) is 10.1 Å². The van der Waals surface area contributed by atoms with Gasteiger partial charge in [0.1, 0.15) is 17.2 Å². The molecule has 23 heavy (non-hydrogen) atoms. The number of imide groups is 1. The Bertz CT molecular complexity index is 729. The molecule has 0 spiro atoms. The molecule has 1 fully saturated rings. The maximum Gasteiger partial charge on any atom is 0.321 e. The molecule has 1 aliphatic rings. The monoisotopic (exact) mass is 316 g/mol. The van der Waals surface area contributed by atoms with Crippen molar-refractivity contribution in [3.8, 4) is 0 Å². The normalized spacial score (nSPS) is 19.0. The zero-order valence-corrected chi connectivity index (χ0v) is 12.1. The first-order chi connectivity index (χ1) is 11.1. The van der Waals surface area contributed by atoms with Gasteiger partial charge in [-0.2, -0.15) is 0 Å². The number of rotatable bonds is 3. The number of nitrogens with one attached hydrogen (secondary N) is 2. The van der Waals surface area contributed by atoms with E-state index in [2.05, 4.69) is 5.32 Å². The second-order valence-corrected chi connectivity index (χ2v) is 5.38. The summed E-state index contributed by atoms with van der Waals surface area (Å²) < 4.78 is 27.0. The van der Waals surface area contributed by atoms with Gasteiger partial charge in [0.25, 0.3) is 5.91 Å². The summed E-state index contributed by atoms with van der Waals surface area (Å²) in [6, 6.07) is 11.9. The molecule has 118 valence electrons. The number of benzene rings is 2. The SMILES string of the molecule is O=C(NC(=O)c1c(F)cccc1F)NC1CC1c1ccccc1. The molecule has 0 aromatic heterocycles. The summed E-state index contributed by atoms with van der Waals surface area (Å²) in [5.74, 6) is -2.93. The van der Waals surface area contributed by atoms with Crippen molar-refractivity contribution in [1.29, 1.82) is 0 Å². The van der Waals surface area contributed by atoms with Crippen LogP contribution in [-0.4, -0.2) is 18.0 Å². The van der Waals surface area contributed by atoms with Gasteiger partial charge in [0.15, 0.2) is 0 Å². The third kappa shape index (κ3) is 3.36. The number of hydrogen-bond donors (Lipinski definition) is 2. The molecule has 2 atom stereocenters. The zero-order valence-electron chi connectivity index (χ0n) is 12.1. The van der Waals surface area contributed by atoms with Crippen molar-refractivity contribution in [2.45, 2.75) is 18.4 Å². The summed E-state index contributed by atoms with van der Waals surface area (Å²) in [6.45, 7) is 0. The molecule has 3 amide bonds. The zero-order chi connectivity index (χ0) is 16.4. The van der Waals surface area contributed by atoms with Gasteiger partial charge in [-0.05, 0) is 24.1 Å². The predicted molar refractivity (Wildman–Crippen MR) is 79.9 cm³/mol. The maximum atomic E-state index is 13.5. The van der Waals surface area contributed by atoms with Crippen LogP contribution in [0.25, 0.3) is 0 Å². The first-order valence-corrected chi connectivity index (χ1v) is 7.17. The fraction of sp³-hybridized carbons (Fsp3) is 0.176. The van der Waals surface area contributed by atoms with Gasteiger partial charge < -0.3 is 5.32 Å². The molecule has 0 bridgehead atoms. The molecular weight excluding hydrogens is 302 g/mol. The lowest BCUT2D eigenvalue weighted by molar-refractivity contribution is 0.0955. The van der Waals surface area contributed by atoms with Crippen molar-refractivity contribution in [2.75, 3.05) is 0 Å². The smallest absolute Gasteiger partial charge is 0.321 e. The van der Waals surface area contributed by atoms with Gasteiger partial charge in [-0.25, -0.2) is 13.6 Å². The van der Waals surface area contributed by atoms with E-state index in [1.807, 2.05) is 35.6 Å². The summed E-state index contributed by atoms with van der Waals surface area (Å²) >= 11 is 0. The molecule has 6 heteroatoms. The predicted octanol–water partition coefficient (Wildman–Crippen LogP) is 2.96. The van der Waals surface area contributed by atoms with E-state index in [0.717, 1.165) is 30.2 Å². The summed E-state index contributed by atoms with van der Waals surface area (Å²) in [5, 5.41) is 4.58. The molecule has 4 nitrogen and oxygen atoms in total. The van der Waals surface area contributed by atoms with E-state index in [9.17, 15) is 18.4 Å². The number of hydrogen-bond acceptors (Lipinski definition) is 2. The van der Waals surface area contributed by atoms with Crippen molar-refractivity contribution in [3.63, 3.8) is 0 Å². The van der Waals surface area contributed by atoms with Crippen LogP contribution in [0, 0.1) is 11.6 Å². The lowest BCUT2D eigenvalue weighted by atomic mass is 10.1. The second kappa shape index (κ2) is 6.16. The number of carbonyl (C=O) groups is 2. The maximum absolute atomic E-state index is 13.5. The van der Waals surface area contributed by atoms with Crippen molar-refractivity contribution < 1.29 is 18.4 Å². The highest BCUT2D eigenvalue weighted by Gasteiger charge is 2.39. The quantitative estimate of drug-likeness (QED) is 0.914. The summed E-state index contributed by atoms with van der Waals surface area (Å²) in [5.41, 5.74) is 0.335. The Balaban J connectivity index is 1.58. The average Bonchev–Trinajstić information content (AvgIpc) is 3.27. The molecule has 3 rings (SSSR count). The Kier molecular flexibility index (Phi) is 4.06. The number of amides is 3. The molecule has 2 N–H and O–H groups in total. The number of halogens is 2. The minimum absolute atomic E-state index is 0.0873. The van der Waals surface area contributed by atoms with Crippen molar-refractivity contribution >= 4 is 11.9 Å². The topological polar surface area (TPSA) is 58.2 Å². The Hall–Kier alpha value is -2.76. The van der Waals surface area contributed by atoms with Crippen LogP contribution in [0.2, 0.25) is 0 Å². The third-order valence-corrected chi connectivity index (χ3v) is 3.75. The number of carbonyl (C=O) groups excluding carboxylic acids is 2. The van der Waals surface area contributed by atoms with Gasteiger partial charge in [-0.1, -0.05) is 36.4 Å². The van der Waals surface area contributed by atoms with Gasteiger partial charge in [0, 0.05) is 12.0 Å². The van der Waals surface area contributed by atoms with Crippen LogP contribution in [0.1, 0.15) is 28.3 Å². The third-order valence-electron chi connectivity index (χ3n) is 3.75. The molecule has 2 aromatic carbocycles. The van der Waals surface area contributed by atoms with E-state index in [-0.39, 0.29) is 12.0 Å². The van der Waals surface area contributed by atoms with Gasteiger partial charge in [0.2, 0.25) is 0 Å². The molecule has 0 radical (unpaired) electrons. The lowest BCUT2D eigenvalue weighted by Gasteiger charge is -2.08. The molecule has 0 saturated heterocycles. The Labute approximate surface area is 131 Å². The Morgan fingerprint density at radius 1 is 0.957 bits per heavy atom. The Morgan fingerprint density at radius 3 is 2.26 bits per heavy atom. The van der Waals surface area contributed by atoms with Crippen LogP contribution in [0.3, 0.4) is 0 Å². The summed E-state index contributed by atoms with van der Waals surface area (Å²) in [4.78, 5) is 23.6. The highest BCUT2D eigenvalue weighted by molar-refractivity contribution is 6.04. The van der Waals surface area contributed by atoms with E-state index in [0.29, 0.717) is 0 Å². The molecular formula is C17H14F2N2O2. The molecule has 0 heterocycles. The van der Waals surface area contributed by atoms with E-state index < -0.39 is 29.1 Å². The largest absolute Gasteiger partial charge is 0.334 e. The van der Waals surface area contributed by atoms with E-state index in [4.69, 9.17) is 0 Å². The fourth-order valence-electron chi connectivity index (χ4n) is 2.51. The lowest BCUT2D eigenvalue weighted by Crippen LogP contribution is -2.41. The van der Waals surface area contributed by atoms with E-state index >= 15 is 0 Å². The summed E-state index contributed by atoms with van der Waals surface area (Å²) in [6.07, 6.45) is 0.764. The molecule has 1 saturated carbocycles. The van der Waals surface area contributed by atoms with Crippen LogP contribution in [0.4, 0.5) is 13.6 Å². The number of urea groups is 1. The molecule has 1 aliphatic carbocycles. The van der Waals surface area contributed by atoms with Gasteiger partial charge in [0.05, 0.1) is 0 Å². The van der Waals surface area contributed by atoms with Crippen molar-refractivity contribution in [1.82, 2.24) is 10.6 Å². The van der Waals surface area contributed by atoms with E-state index in [1.54, 1.807) is 0 Å². The molecule has 0 aliphatic heterocycles. The minimum Gasteiger partial charge on any atom is -0.334 e. The van der Waals surface area contributed by atoms with Crippen molar-refractivity contribution in [2.24, 2.45) is 0 Å². The van der Waals surface area contributed by atoms with Crippen molar-refractivity contribution in [3.05, 3.63) is 71.3 Å². The van der Waals surface area contributed by atoms with Crippen LogP contribution in [-0.2, 0) is 0 Å². The van der Waals surface area contributed by atoms with Crippen LogP contribution >= 0.6 is 0 Å². The van der Waals surface area contributed by atoms with Crippen LogP contribution in [0.5, 0.6) is 0 Å². The minimum atomic E-state index is -1.10. The Morgan fingerprint density at radius 2 is 1.61 bits per heavy atom. The standard InChI is InChI=1S/C17H14F2N2O2/c18-12-7-4-8-13(19)15(12)16(22)21-17(23)20-14-9-11(14)10-5-2-1-3-6-10/h1-8,11,14H,9H2,(H2,20,21,22,23). The van der Waals surface area contributed by atoms with Gasteiger partial charge >= 0.3 is 6.03 Å². The van der Waals surface area contributed by atoms with Crippen LogP contribution in [0.15, 0.2) is 48.5 Å². The van der Waals surface area contributed by atoms with Crippen LogP contribution < -0.4 is 10.6 Å². The highest BCUT2D eigenvalue weighted by Crippen LogP contribution is 2.40. The highest BCUT2D eigenvalue weighted by atomic mass is 19.1. The fourth-order valence-corrected chi connectivity index (χ4v) is 2.51. The first-order valence-electron chi connectivity index (χ1n) is 7.17. The second-order valence-electron chi connectivity index (χ2n) is 5.38. The summed E-state index contributed by atoms with van der Waals surface area (Å²) in [7, 11) is 0. The average molecular weight is 316 g/mol. The van der Waals surface area contributed by atoms with Gasteiger partial charge in [-0.15, -0.1) is 0 Å². The molecule has 2 aromatic rings. The van der Waals surface area contributed by atoms with E-state index in [1.165, 1.54) is 0 Å². The molecule has 2 unspecified atom stereocenters.